The Morgan fingerprint density at radius 1 is 1.42 bits per heavy atom. The summed E-state index contributed by atoms with van der Waals surface area (Å²) in [6.45, 7) is 3.95. The second-order valence-corrected chi connectivity index (χ2v) is 3.09. The van der Waals surface area contributed by atoms with Crippen LogP contribution in [0, 0.1) is 0 Å². The number of rotatable bonds is 2. The number of carbonyl (C=O) groups excluding carboxylic acids is 1. The third-order valence-electron chi connectivity index (χ3n) is 1.81. The lowest BCUT2D eigenvalue weighted by molar-refractivity contribution is 0.112. The molecular formula is C10H12O2. The molecule has 0 unspecified atom stereocenters. The van der Waals surface area contributed by atoms with Gasteiger partial charge in [0.2, 0.25) is 0 Å². The van der Waals surface area contributed by atoms with Gasteiger partial charge in [-0.25, -0.2) is 0 Å². The van der Waals surface area contributed by atoms with Crippen LogP contribution in [0.15, 0.2) is 18.2 Å². The van der Waals surface area contributed by atoms with Gasteiger partial charge >= 0.3 is 0 Å². The summed E-state index contributed by atoms with van der Waals surface area (Å²) < 4.78 is 0. The third-order valence-corrected chi connectivity index (χ3v) is 1.81. The van der Waals surface area contributed by atoms with Crippen molar-refractivity contribution in [2.24, 2.45) is 0 Å². The average molecular weight is 164 g/mol. The predicted octanol–water partition coefficient (Wildman–Crippen LogP) is 2.33. The Bertz CT molecular complexity index is 290. The summed E-state index contributed by atoms with van der Waals surface area (Å²) in [6, 6.07) is 4.88. The lowest BCUT2D eigenvalue weighted by atomic mass is 10.0. The molecule has 1 aromatic rings. The lowest BCUT2D eigenvalue weighted by Crippen LogP contribution is -1.90. The number of phenolic OH excluding ortho intramolecular Hbond substituents is 1. The molecule has 0 heterocycles. The molecule has 0 fully saturated rings. The fraction of sp³-hybridized carbons (Fsp3) is 0.300. The van der Waals surface area contributed by atoms with E-state index in [1.807, 2.05) is 13.8 Å². The van der Waals surface area contributed by atoms with E-state index in [-0.39, 0.29) is 11.7 Å². The molecule has 1 aromatic carbocycles. The standard InChI is InChI=1S/C10H12O2/c1-7(2)9-5-8(6-11)3-4-10(9)12/h3-7,12H,1-2H3. The van der Waals surface area contributed by atoms with E-state index in [1.165, 1.54) is 0 Å². The maximum Gasteiger partial charge on any atom is 0.150 e. The van der Waals surface area contributed by atoms with Gasteiger partial charge in [-0.2, -0.15) is 0 Å². The van der Waals surface area contributed by atoms with Gasteiger partial charge in [-0.15, -0.1) is 0 Å². The van der Waals surface area contributed by atoms with Crippen LogP contribution in [0.2, 0.25) is 0 Å². The first-order chi connectivity index (χ1) is 5.65. The molecule has 2 heteroatoms. The van der Waals surface area contributed by atoms with Crippen LogP contribution >= 0.6 is 0 Å². The Kier molecular flexibility index (Phi) is 2.48. The van der Waals surface area contributed by atoms with Gasteiger partial charge in [0.25, 0.3) is 0 Å². The van der Waals surface area contributed by atoms with Gasteiger partial charge in [0.15, 0.2) is 0 Å². The van der Waals surface area contributed by atoms with Gasteiger partial charge < -0.3 is 5.11 Å². The van der Waals surface area contributed by atoms with Crippen molar-refractivity contribution in [3.63, 3.8) is 0 Å². The van der Waals surface area contributed by atoms with Crippen LogP contribution in [0.25, 0.3) is 0 Å². The molecule has 12 heavy (non-hydrogen) atoms. The minimum Gasteiger partial charge on any atom is -0.508 e. The molecule has 0 saturated heterocycles. The number of carbonyl (C=O) groups is 1. The van der Waals surface area contributed by atoms with Crippen LogP contribution in [-0.4, -0.2) is 11.4 Å². The summed E-state index contributed by atoms with van der Waals surface area (Å²) in [5.74, 6) is 0.500. The highest BCUT2D eigenvalue weighted by molar-refractivity contribution is 5.75. The zero-order valence-electron chi connectivity index (χ0n) is 7.24. The monoisotopic (exact) mass is 164 g/mol. The number of aromatic hydroxyl groups is 1. The second kappa shape index (κ2) is 3.39. The SMILES string of the molecule is CC(C)c1cc(C=O)ccc1O. The summed E-state index contributed by atoms with van der Waals surface area (Å²) in [6.07, 6.45) is 0.783. The van der Waals surface area contributed by atoms with Crippen molar-refractivity contribution in [1.29, 1.82) is 0 Å². The van der Waals surface area contributed by atoms with E-state index in [9.17, 15) is 9.90 Å². The van der Waals surface area contributed by atoms with Crippen LogP contribution in [0.1, 0.15) is 35.7 Å². The minimum atomic E-state index is 0.241. The van der Waals surface area contributed by atoms with Crippen molar-refractivity contribution in [2.75, 3.05) is 0 Å². The van der Waals surface area contributed by atoms with Crippen LogP contribution in [0.4, 0.5) is 0 Å². The Morgan fingerprint density at radius 2 is 2.08 bits per heavy atom. The smallest absolute Gasteiger partial charge is 0.150 e. The molecule has 0 aliphatic carbocycles. The van der Waals surface area contributed by atoms with Gasteiger partial charge in [-0.05, 0) is 29.7 Å². The van der Waals surface area contributed by atoms with E-state index in [2.05, 4.69) is 0 Å². The Balaban J connectivity index is 3.16. The molecule has 64 valence electrons. The number of aldehydes is 1. The highest BCUT2D eigenvalue weighted by atomic mass is 16.3. The fourth-order valence-electron chi connectivity index (χ4n) is 1.11. The van der Waals surface area contributed by atoms with Crippen molar-refractivity contribution in [3.8, 4) is 5.75 Å². The van der Waals surface area contributed by atoms with Crippen molar-refractivity contribution < 1.29 is 9.90 Å². The first kappa shape index (κ1) is 8.78. The van der Waals surface area contributed by atoms with Gasteiger partial charge in [0.05, 0.1) is 0 Å². The van der Waals surface area contributed by atoms with E-state index in [0.717, 1.165) is 11.8 Å². The van der Waals surface area contributed by atoms with E-state index < -0.39 is 0 Å². The Labute approximate surface area is 71.8 Å². The van der Waals surface area contributed by atoms with E-state index in [4.69, 9.17) is 0 Å². The van der Waals surface area contributed by atoms with Crippen LogP contribution in [-0.2, 0) is 0 Å². The second-order valence-electron chi connectivity index (χ2n) is 3.09. The molecule has 0 bridgehead atoms. The molecule has 0 aromatic heterocycles. The van der Waals surface area contributed by atoms with Crippen molar-refractivity contribution in [3.05, 3.63) is 29.3 Å². The first-order valence-corrected chi connectivity index (χ1v) is 3.93. The highest BCUT2D eigenvalue weighted by Gasteiger charge is 2.05. The molecule has 0 saturated carbocycles. The molecule has 0 radical (unpaired) electrons. The number of hydrogen-bond acceptors (Lipinski definition) is 2. The van der Waals surface area contributed by atoms with Crippen LogP contribution in [0.5, 0.6) is 5.75 Å². The molecular weight excluding hydrogens is 152 g/mol. The molecule has 0 spiro atoms. The van der Waals surface area contributed by atoms with E-state index in [0.29, 0.717) is 5.56 Å². The largest absolute Gasteiger partial charge is 0.508 e. The highest BCUT2D eigenvalue weighted by Crippen LogP contribution is 2.25. The summed E-state index contributed by atoms with van der Waals surface area (Å²) in [5, 5.41) is 9.38. The molecule has 0 amide bonds. The maximum atomic E-state index is 10.4. The molecule has 0 aliphatic rings. The normalized spacial score (nSPS) is 10.2. The molecule has 1 N–H and O–H groups in total. The van der Waals surface area contributed by atoms with Gasteiger partial charge in [0, 0.05) is 5.56 Å². The topological polar surface area (TPSA) is 37.3 Å². The summed E-state index contributed by atoms with van der Waals surface area (Å²) in [7, 11) is 0. The van der Waals surface area contributed by atoms with Gasteiger partial charge in [0.1, 0.15) is 12.0 Å². The van der Waals surface area contributed by atoms with Crippen molar-refractivity contribution >= 4 is 6.29 Å². The van der Waals surface area contributed by atoms with E-state index >= 15 is 0 Å². The molecule has 0 aliphatic heterocycles. The molecule has 2 nitrogen and oxygen atoms in total. The summed E-state index contributed by atoms with van der Waals surface area (Å²) >= 11 is 0. The lowest BCUT2D eigenvalue weighted by Gasteiger charge is -2.07. The van der Waals surface area contributed by atoms with Crippen LogP contribution < -0.4 is 0 Å². The summed E-state index contributed by atoms with van der Waals surface area (Å²) in [5.41, 5.74) is 1.43. The molecule has 0 atom stereocenters. The maximum absolute atomic E-state index is 10.4. The summed E-state index contributed by atoms with van der Waals surface area (Å²) in [4.78, 5) is 10.4. The third kappa shape index (κ3) is 1.64. The van der Waals surface area contributed by atoms with Crippen LogP contribution in [0.3, 0.4) is 0 Å². The van der Waals surface area contributed by atoms with Gasteiger partial charge in [-0.3, -0.25) is 4.79 Å². The minimum absolute atomic E-state index is 0.241. The van der Waals surface area contributed by atoms with E-state index in [1.54, 1.807) is 18.2 Å². The number of phenols is 1. The predicted molar refractivity (Wildman–Crippen MR) is 47.6 cm³/mol. The van der Waals surface area contributed by atoms with Crippen molar-refractivity contribution in [2.45, 2.75) is 19.8 Å². The zero-order valence-corrected chi connectivity index (χ0v) is 7.24. The fourth-order valence-corrected chi connectivity index (χ4v) is 1.11. The van der Waals surface area contributed by atoms with Crippen molar-refractivity contribution in [1.82, 2.24) is 0 Å². The Hall–Kier alpha value is -1.31. The number of benzene rings is 1. The quantitative estimate of drug-likeness (QED) is 0.681. The number of hydrogen-bond donors (Lipinski definition) is 1. The Morgan fingerprint density at radius 3 is 2.58 bits per heavy atom. The zero-order chi connectivity index (χ0) is 9.14. The molecule has 1 rings (SSSR count). The first-order valence-electron chi connectivity index (χ1n) is 3.93. The van der Waals surface area contributed by atoms with Gasteiger partial charge in [-0.1, -0.05) is 13.8 Å². The average Bonchev–Trinajstić information content (AvgIpc) is 2.05.